The first kappa shape index (κ1) is 26.0. The number of carbonyl (C=O) groups excluding carboxylic acids is 2. The molecule has 0 spiro atoms. The van der Waals surface area contributed by atoms with E-state index in [-0.39, 0.29) is 5.57 Å². The van der Waals surface area contributed by atoms with E-state index in [2.05, 4.69) is 6.92 Å². The van der Waals surface area contributed by atoms with Gasteiger partial charge in [0.2, 0.25) is 0 Å². The van der Waals surface area contributed by atoms with Crippen LogP contribution in [0.1, 0.15) is 36.9 Å². The zero-order chi connectivity index (χ0) is 25.4. The molecule has 7 heteroatoms. The first-order valence-corrected chi connectivity index (χ1v) is 11.8. The second-order valence-electron chi connectivity index (χ2n) is 8.69. The summed E-state index contributed by atoms with van der Waals surface area (Å²) >= 11 is 0. The largest absolute Gasteiger partial charge is 0.503 e. The van der Waals surface area contributed by atoms with Crippen LogP contribution in [-0.4, -0.2) is 67.5 Å². The van der Waals surface area contributed by atoms with Crippen LogP contribution >= 0.6 is 0 Å². The molecule has 1 aliphatic rings. The Morgan fingerprint density at radius 3 is 2.54 bits per heavy atom. The maximum Gasteiger partial charge on any atom is 0.290 e. The van der Waals surface area contributed by atoms with Gasteiger partial charge in [0, 0.05) is 13.1 Å². The van der Waals surface area contributed by atoms with Crippen molar-refractivity contribution in [3.63, 3.8) is 0 Å². The molecule has 2 aromatic carbocycles. The fraction of sp³-hybridized carbons (Fsp3) is 0.357. The number of unbranched alkanes of at least 4 members (excludes halogenated alkanes) is 1. The summed E-state index contributed by atoms with van der Waals surface area (Å²) in [6, 6.07) is 14.0. The molecular formula is C28H34N2O5. The third-order valence-electron chi connectivity index (χ3n) is 5.84. The van der Waals surface area contributed by atoms with Crippen molar-refractivity contribution in [3.05, 3.63) is 77.1 Å². The standard InChI is InChI=1S/C28H34N2O5/c1-5-6-18-35-23-15-13-21(19-24(23)34-4)26-25(22(31)14-12-20-10-8-7-9-11-20)27(32)28(33)30(26)17-16-29(2)3/h7-15,19,26,32H,5-6,16-18H2,1-4H3. The Kier molecular flexibility index (Phi) is 9.09. The van der Waals surface area contributed by atoms with E-state index in [4.69, 9.17) is 9.47 Å². The number of ketones is 1. The van der Waals surface area contributed by atoms with E-state index >= 15 is 0 Å². The van der Waals surface area contributed by atoms with Gasteiger partial charge in [0.05, 0.1) is 25.3 Å². The van der Waals surface area contributed by atoms with Crippen LogP contribution in [0.15, 0.2) is 65.9 Å². The van der Waals surface area contributed by atoms with Crippen LogP contribution in [0, 0.1) is 0 Å². The van der Waals surface area contributed by atoms with Crippen LogP contribution in [-0.2, 0) is 9.59 Å². The van der Waals surface area contributed by atoms with E-state index < -0.39 is 23.5 Å². The number of benzene rings is 2. The van der Waals surface area contributed by atoms with Crippen molar-refractivity contribution in [2.24, 2.45) is 0 Å². The number of aliphatic hydroxyl groups excluding tert-OH is 1. The Morgan fingerprint density at radius 1 is 1.14 bits per heavy atom. The van der Waals surface area contributed by atoms with Crippen LogP contribution in [0.5, 0.6) is 11.5 Å². The summed E-state index contributed by atoms with van der Waals surface area (Å²) in [6.07, 6.45) is 5.01. The number of allylic oxidation sites excluding steroid dienone is 1. The molecule has 0 saturated heterocycles. The predicted molar refractivity (Wildman–Crippen MR) is 137 cm³/mol. The van der Waals surface area contributed by atoms with Gasteiger partial charge < -0.3 is 24.4 Å². The summed E-state index contributed by atoms with van der Waals surface area (Å²) in [6.45, 7) is 3.58. The average Bonchev–Trinajstić information content (AvgIpc) is 3.11. The van der Waals surface area contributed by atoms with Gasteiger partial charge in [-0.15, -0.1) is 0 Å². The molecule has 35 heavy (non-hydrogen) atoms. The minimum absolute atomic E-state index is 0.0580. The molecule has 1 unspecified atom stereocenters. The van der Waals surface area contributed by atoms with Crippen molar-refractivity contribution >= 4 is 17.8 Å². The molecular weight excluding hydrogens is 444 g/mol. The lowest BCUT2D eigenvalue weighted by molar-refractivity contribution is -0.129. The minimum Gasteiger partial charge on any atom is -0.503 e. The maximum atomic E-state index is 13.3. The summed E-state index contributed by atoms with van der Waals surface area (Å²) < 4.78 is 11.4. The predicted octanol–water partition coefficient (Wildman–Crippen LogP) is 4.41. The molecule has 7 nitrogen and oxygen atoms in total. The van der Waals surface area contributed by atoms with Crippen LogP contribution in [0.3, 0.4) is 0 Å². The topological polar surface area (TPSA) is 79.3 Å². The molecule has 2 aromatic rings. The third-order valence-corrected chi connectivity index (χ3v) is 5.84. The third kappa shape index (κ3) is 6.31. The van der Waals surface area contributed by atoms with Gasteiger partial charge in [-0.25, -0.2) is 0 Å². The highest BCUT2D eigenvalue weighted by Gasteiger charge is 2.43. The van der Waals surface area contributed by atoms with E-state index in [0.717, 1.165) is 18.4 Å². The quantitative estimate of drug-likeness (QED) is 0.360. The molecule has 0 saturated carbocycles. The molecule has 186 valence electrons. The molecule has 0 aromatic heterocycles. The second-order valence-corrected chi connectivity index (χ2v) is 8.69. The van der Waals surface area contributed by atoms with Gasteiger partial charge in [-0.3, -0.25) is 9.59 Å². The zero-order valence-corrected chi connectivity index (χ0v) is 20.9. The number of carbonyl (C=O) groups is 2. The lowest BCUT2D eigenvalue weighted by atomic mass is 9.95. The monoisotopic (exact) mass is 478 g/mol. The zero-order valence-electron chi connectivity index (χ0n) is 20.9. The molecule has 1 atom stereocenters. The Balaban J connectivity index is 1.99. The van der Waals surface area contributed by atoms with Gasteiger partial charge in [0.1, 0.15) is 0 Å². The molecule has 3 rings (SSSR count). The van der Waals surface area contributed by atoms with Gasteiger partial charge in [0.15, 0.2) is 23.0 Å². The molecule has 0 radical (unpaired) electrons. The Labute approximate surface area is 207 Å². The van der Waals surface area contributed by atoms with Crippen LogP contribution in [0.4, 0.5) is 0 Å². The summed E-state index contributed by atoms with van der Waals surface area (Å²) in [5, 5.41) is 10.8. The number of hydrogen-bond acceptors (Lipinski definition) is 6. The highest BCUT2D eigenvalue weighted by atomic mass is 16.5. The molecule has 1 N–H and O–H groups in total. The normalized spacial score (nSPS) is 16.0. The number of likely N-dealkylation sites (N-methyl/N-ethyl adjacent to an activating group) is 1. The SMILES string of the molecule is CCCCOc1ccc(C2C(C(=O)C=Cc3ccccc3)=C(O)C(=O)N2CCN(C)C)cc1OC. The van der Waals surface area contributed by atoms with Crippen LogP contribution < -0.4 is 9.47 Å². The maximum absolute atomic E-state index is 13.3. The number of hydrogen-bond donors (Lipinski definition) is 1. The molecule has 1 aliphatic heterocycles. The summed E-state index contributed by atoms with van der Waals surface area (Å²) in [4.78, 5) is 29.8. The summed E-state index contributed by atoms with van der Waals surface area (Å²) in [5.74, 6) is -0.385. The number of nitrogens with zero attached hydrogens (tertiary/aromatic N) is 2. The Hall–Kier alpha value is -3.58. The van der Waals surface area contributed by atoms with E-state index in [1.165, 1.54) is 11.0 Å². The Bertz CT molecular complexity index is 1090. The smallest absolute Gasteiger partial charge is 0.290 e. The van der Waals surface area contributed by atoms with Gasteiger partial charge in [-0.1, -0.05) is 55.8 Å². The first-order valence-electron chi connectivity index (χ1n) is 11.8. The second kappa shape index (κ2) is 12.2. The van der Waals surface area contributed by atoms with Crippen LogP contribution in [0.2, 0.25) is 0 Å². The van der Waals surface area contributed by atoms with Gasteiger partial charge in [-0.2, -0.15) is 0 Å². The van der Waals surface area contributed by atoms with Crippen molar-refractivity contribution in [2.45, 2.75) is 25.8 Å². The highest BCUT2D eigenvalue weighted by Crippen LogP contribution is 2.41. The molecule has 1 heterocycles. The lowest BCUT2D eigenvalue weighted by Crippen LogP contribution is -2.36. The van der Waals surface area contributed by atoms with Crippen molar-refractivity contribution in [1.29, 1.82) is 0 Å². The lowest BCUT2D eigenvalue weighted by Gasteiger charge is -2.28. The first-order chi connectivity index (χ1) is 16.9. The number of amides is 1. The molecule has 1 amide bonds. The fourth-order valence-electron chi connectivity index (χ4n) is 3.92. The van der Waals surface area contributed by atoms with E-state index in [9.17, 15) is 14.7 Å². The molecule has 0 aliphatic carbocycles. The van der Waals surface area contributed by atoms with Gasteiger partial charge >= 0.3 is 0 Å². The van der Waals surface area contributed by atoms with Crippen molar-refractivity contribution in [1.82, 2.24) is 9.80 Å². The fourth-order valence-corrected chi connectivity index (χ4v) is 3.92. The van der Waals surface area contributed by atoms with Gasteiger partial charge in [-0.05, 0) is 49.9 Å². The Morgan fingerprint density at radius 2 is 1.89 bits per heavy atom. The minimum atomic E-state index is -0.742. The van der Waals surface area contributed by atoms with Crippen molar-refractivity contribution in [3.8, 4) is 11.5 Å². The van der Waals surface area contributed by atoms with E-state index in [0.29, 0.717) is 36.8 Å². The van der Waals surface area contributed by atoms with E-state index in [1.807, 2.05) is 55.4 Å². The summed E-state index contributed by atoms with van der Waals surface area (Å²) in [7, 11) is 5.36. The summed E-state index contributed by atoms with van der Waals surface area (Å²) in [5.41, 5.74) is 1.57. The number of ether oxygens (including phenoxy) is 2. The number of aliphatic hydroxyl groups is 1. The van der Waals surface area contributed by atoms with Gasteiger partial charge in [0.25, 0.3) is 5.91 Å². The average molecular weight is 479 g/mol. The highest BCUT2D eigenvalue weighted by molar-refractivity contribution is 6.14. The molecule has 0 fully saturated rings. The number of rotatable bonds is 12. The van der Waals surface area contributed by atoms with Crippen molar-refractivity contribution < 1.29 is 24.2 Å². The van der Waals surface area contributed by atoms with Crippen molar-refractivity contribution in [2.75, 3.05) is 40.9 Å². The number of methoxy groups -OCH3 is 1. The van der Waals surface area contributed by atoms with Crippen LogP contribution in [0.25, 0.3) is 6.08 Å². The van der Waals surface area contributed by atoms with E-state index in [1.54, 1.807) is 25.3 Å². The molecule has 0 bridgehead atoms.